The van der Waals surface area contributed by atoms with Crippen LogP contribution >= 0.6 is 24.8 Å². The Bertz CT molecular complexity index is 622. The molecule has 2 atom stereocenters. The largest absolute Gasteiger partial charge is 0.353 e. The first-order chi connectivity index (χ1) is 12.8. The molecule has 0 aliphatic heterocycles. The first kappa shape index (κ1) is 27.7. The van der Waals surface area contributed by atoms with Gasteiger partial charge in [0, 0.05) is 18.1 Å². The Balaban J connectivity index is 0.00000392. The molecule has 1 aromatic rings. The van der Waals surface area contributed by atoms with E-state index in [-0.39, 0.29) is 60.7 Å². The molecular weight excluding hydrogens is 411 g/mol. The third-order valence-electron chi connectivity index (χ3n) is 5.45. The van der Waals surface area contributed by atoms with Gasteiger partial charge in [-0.2, -0.15) is 0 Å². The normalized spacial score (nSPS) is 16.9. The topological polar surface area (TPSA) is 96.2 Å². The molecule has 1 saturated carbocycles. The number of halogens is 2. The highest BCUT2D eigenvalue weighted by atomic mass is 35.5. The second-order valence-corrected chi connectivity index (χ2v) is 8.03. The molecule has 1 unspecified atom stereocenters. The van der Waals surface area contributed by atoms with Crippen LogP contribution < -0.4 is 21.7 Å². The monoisotopic (exact) mass is 446 g/mol. The van der Waals surface area contributed by atoms with Crippen LogP contribution in [0.1, 0.15) is 58.1 Å². The zero-order valence-electron chi connectivity index (χ0n) is 17.6. The minimum atomic E-state index is -0.590. The molecule has 0 bridgehead atoms. The number of nitrogens with two attached hydrogens (primary N) is 1. The van der Waals surface area contributed by atoms with Gasteiger partial charge in [-0.1, -0.05) is 57.0 Å². The fraction of sp³-hybridized carbons (Fsp3) is 0.619. The van der Waals surface area contributed by atoms with Crippen molar-refractivity contribution >= 4 is 36.6 Å². The van der Waals surface area contributed by atoms with Gasteiger partial charge in [-0.3, -0.25) is 9.59 Å². The summed E-state index contributed by atoms with van der Waals surface area (Å²) in [4.78, 5) is 24.1. The van der Waals surface area contributed by atoms with Crippen molar-refractivity contribution in [3.63, 3.8) is 0 Å². The SMILES string of the molecule is CC(NC1(CNC(=O)CNC(=O)[C@@H](N)C(C)C)CCCC1)c1ccccc1.Cl.Cl. The van der Waals surface area contributed by atoms with E-state index in [9.17, 15) is 9.59 Å². The Morgan fingerprint density at radius 1 is 1.03 bits per heavy atom. The fourth-order valence-electron chi connectivity index (χ4n) is 3.63. The van der Waals surface area contributed by atoms with E-state index in [1.165, 1.54) is 5.56 Å². The molecule has 0 saturated heterocycles. The van der Waals surface area contributed by atoms with E-state index in [1.54, 1.807) is 0 Å². The van der Waals surface area contributed by atoms with Crippen molar-refractivity contribution in [1.82, 2.24) is 16.0 Å². The number of carbonyl (C=O) groups excluding carboxylic acids is 2. The second kappa shape index (κ2) is 13.1. The smallest absolute Gasteiger partial charge is 0.239 e. The third kappa shape index (κ3) is 8.51. The highest BCUT2D eigenvalue weighted by molar-refractivity contribution is 5.87. The Morgan fingerprint density at radius 2 is 1.62 bits per heavy atom. The van der Waals surface area contributed by atoms with Gasteiger partial charge in [0.15, 0.2) is 0 Å². The minimum Gasteiger partial charge on any atom is -0.353 e. The predicted octanol–water partition coefficient (Wildman–Crippen LogP) is 2.71. The lowest BCUT2D eigenvalue weighted by Gasteiger charge is -2.34. The molecule has 2 amide bonds. The lowest BCUT2D eigenvalue weighted by atomic mass is 9.94. The number of amides is 2. The van der Waals surface area contributed by atoms with Crippen LogP contribution in [0.25, 0.3) is 0 Å². The summed E-state index contributed by atoms with van der Waals surface area (Å²) in [5.41, 5.74) is 6.94. The van der Waals surface area contributed by atoms with E-state index >= 15 is 0 Å². The Morgan fingerprint density at radius 3 is 2.17 bits per heavy atom. The van der Waals surface area contributed by atoms with Gasteiger partial charge in [0.05, 0.1) is 12.6 Å². The number of nitrogens with one attached hydrogen (secondary N) is 3. The van der Waals surface area contributed by atoms with Gasteiger partial charge in [-0.05, 0) is 31.2 Å². The van der Waals surface area contributed by atoms with Crippen molar-refractivity contribution in [1.29, 1.82) is 0 Å². The van der Waals surface area contributed by atoms with Crippen LogP contribution in [-0.2, 0) is 9.59 Å². The summed E-state index contributed by atoms with van der Waals surface area (Å²) in [5, 5.41) is 9.35. The van der Waals surface area contributed by atoms with Crippen LogP contribution in [0.4, 0.5) is 0 Å². The molecule has 5 N–H and O–H groups in total. The minimum absolute atomic E-state index is 0. The summed E-state index contributed by atoms with van der Waals surface area (Å²) < 4.78 is 0. The Kier molecular flexibility index (Phi) is 12.5. The number of rotatable bonds is 9. The average molecular weight is 447 g/mol. The van der Waals surface area contributed by atoms with Crippen LogP contribution in [0.2, 0.25) is 0 Å². The maximum atomic E-state index is 12.2. The van der Waals surface area contributed by atoms with E-state index in [2.05, 4.69) is 35.0 Å². The molecule has 8 heteroatoms. The summed E-state index contributed by atoms with van der Waals surface area (Å²) in [6.45, 7) is 6.45. The lowest BCUT2D eigenvalue weighted by molar-refractivity contribution is -0.127. The van der Waals surface area contributed by atoms with Crippen molar-refractivity contribution in [2.45, 2.75) is 64.1 Å². The molecule has 2 rings (SSSR count). The number of hydrogen-bond donors (Lipinski definition) is 4. The first-order valence-electron chi connectivity index (χ1n) is 9.95. The zero-order valence-corrected chi connectivity index (χ0v) is 19.2. The van der Waals surface area contributed by atoms with Gasteiger partial charge in [0.25, 0.3) is 0 Å². The number of benzene rings is 1. The average Bonchev–Trinajstić information content (AvgIpc) is 3.13. The molecule has 0 aromatic heterocycles. The maximum absolute atomic E-state index is 12.2. The Labute approximate surface area is 187 Å². The summed E-state index contributed by atoms with van der Waals surface area (Å²) in [6, 6.07) is 9.96. The highest BCUT2D eigenvalue weighted by Gasteiger charge is 2.35. The van der Waals surface area contributed by atoms with Gasteiger partial charge in [-0.25, -0.2) is 0 Å². The van der Waals surface area contributed by atoms with Crippen LogP contribution in [0.3, 0.4) is 0 Å². The van der Waals surface area contributed by atoms with Crippen LogP contribution in [0.5, 0.6) is 0 Å². The molecule has 29 heavy (non-hydrogen) atoms. The van der Waals surface area contributed by atoms with Gasteiger partial charge in [0.1, 0.15) is 0 Å². The Hall–Kier alpha value is -1.34. The summed E-state index contributed by atoms with van der Waals surface area (Å²) in [6.07, 6.45) is 4.39. The van der Waals surface area contributed by atoms with Gasteiger partial charge in [-0.15, -0.1) is 24.8 Å². The predicted molar refractivity (Wildman–Crippen MR) is 123 cm³/mol. The quantitative estimate of drug-likeness (QED) is 0.468. The van der Waals surface area contributed by atoms with Gasteiger partial charge >= 0.3 is 0 Å². The fourth-order valence-corrected chi connectivity index (χ4v) is 3.63. The third-order valence-corrected chi connectivity index (χ3v) is 5.45. The molecule has 1 aliphatic carbocycles. The number of hydrogen-bond acceptors (Lipinski definition) is 4. The molecule has 0 heterocycles. The van der Waals surface area contributed by atoms with Gasteiger partial charge in [0.2, 0.25) is 11.8 Å². The molecule has 0 radical (unpaired) electrons. The zero-order chi connectivity index (χ0) is 19.9. The summed E-state index contributed by atoms with van der Waals surface area (Å²) in [5.74, 6) is -0.426. The van der Waals surface area contributed by atoms with Crippen molar-refractivity contribution in [3.8, 4) is 0 Å². The molecular formula is C21H36Cl2N4O2. The van der Waals surface area contributed by atoms with Crippen molar-refractivity contribution < 1.29 is 9.59 Å². The standard InChI is InChI=1S/C21H34N4O2.2ClH/c1-15(2)19(22)20(27)23-13-18(26)24-14-21(11-7-8-12-21)25-16(3)17-9-5-4-6-10-17;;/h4-6,9-10,15-16,19,25H,7-8,11-14,22H2,1-3H3,(H,23,27)(H,24,26);2*1H/t16?,19-;;/m0../s1. The van der Waals surface area contributed by atoms with Crippen molar-refractivity contribution in [2.75, 3.05) is 13.1 Å². The molecule has 0 spiro atoms. The molecule has 1 aliphatic rings. The van der Waals surface area contributed by atoms with E-state index in [4.69, 9.17) is 5.73 Å². The maximum Gasteiger partial charge on any atom is 0.239 e. The highest BCUT2D eigenvalue weighted by Crippen LogP contribution is 2.31. The van der Waals surface area contributed by atoms with E-state index in [0.29, 0.717) is 6.54 Å². The molecule has 1 aromatic carbocycles. The van der Waals surface area contributed by atoms with Crippen LogP contribution in [0.15, 0.2) is 30.3 Å². The molecule has 6 nitrogen and oxygen atoms in total. The van der Waals surface area contributed by atoms with Crippen molar-refractivity contribution in [3.05, 3.63) is 35.9 Å². The van der Waals surface area contributed by atoms with E-state index < -0.39 is 6.04 Å². The van der Waals surface area contributed by atoms with Gasteiger partial charge < -0.3 is 21.7 Å². The first-order valence-corrected chi connectivity index (χ1v) is 9.95. The second-order valence-electron chi connectivity index (χ2n) is 8.03. The molecule has 1 fully saturated rings. The van der Waals surface area contributed by atoms with Crippen LogP contribution in [0, 0.1) is 5.92 Å². The van der Waals surface area contributed by atoms with Crippen molar-refractivity contribution in [2.24, 2.45) is 11.7 Å². The lowest BCUT2D eigenvalue weighted by Crippen LogP contribution is -2.54. The van der Waals surface area contributed by atoms with E-state index in [0.717, 1.165) is 25.7 Å². The van der Waals surface area contributed by atoms with E-state index in [1.807, 2.05) is 32.0 Å². The van der Waals surface area contributed by atoms with Crippen LogP contribution in [-0.4, -0.2) is 36.5 Å². The number of carbonyl (C=O) groups is 2. The summed E-state index contributed by atoms with van der Waals surface area (Å²) in [7, 11) is 0. The molecule has 166 valence electrons. The summed E-state index contributed by atoms with van der Waals surface area (Å²) >= 11 is 0.